The molecular formula is C12H27Si. The predicted octanol–water partition coefficient (Wildman–Crippen LogP) is 4.82. The Bertz CT molecular complexity index is 108. The molecule has 0 heterocycles. The summed E-state index contributed by atoms with van der Waals surface area (Å²) in [6.07, 6.45) is 8.64. The second-order valence-electron chi connectivity index (χ2n) is 4.80. The van der Waals surface area contributed by atoms with Crippen LogP contribution in [0.4, 0.5) is 0 Å². The van der Waals surface area contributed by atoms with Gasteiger partial charge in [-0.15, -0.1) is 0 Å². The minimum absolute atomic E-state index is 0.871. The van der Waals surface area contributed by atoms with Crippen molar-refractivity contribution in [1.82, 2.24) is 0 Å². The van der Waals surface area contributed by atoms with Crippen LogP contribution in [0.1, 0.15) is 52.4 Å². The monoisotopic (exact) mass is 199 g/mol. The number of unbranched alkanes of at least 4 members (excludes halogenated alkanes) is 5. The first-order chi connectivity index (χ1) is 6.12. The van der Waals surface area contributed by atoms with Gasteiger partial charge >= 0.3 is 0 Å². The van der Waals surface area contributed by atoms with Crippen molar-refractivity contribution in [3.63, 3.8) is 0 Å². The first kappa shape index (κ1) is 13.2. The third-order valence-corrected chi connectivity index (χ3v) is 6.16. The largest absolute Gasteiger partial charge is 0.0692 e. The molecule has 13 heavy (non-hydrogen) atoms. The topological polar surface area (TPSA) is 0 Å². The van der Waals surface area contributed by atoms with Gasteiger partial charge in [-0.25, -0.2) is 0 Å². The lowest BCUT2D eigenvalue weighted by atomic mass is 10.1. The minimum Gasteiger partial charge on any atom is -0.0692 e. The van der Waals surface area contributed by atoms with Crippen molar-refractivity contribution in [2.45, 2.75) is 71.5 Å². The van der Waals surface area contributed by atoms with E-state index in [0.717, 1.165) is 0 Å². The highest BCUT2D eigenvalue weighted by Crippen LogP contribution is 2.17. The van der Waals surface area contributed by atoms with Crippen LogP contribution in [-0.2, 0) is 0 Å². The summed E-state index contributed by atoms with van der Waals surface area (Å²) in [5.74, 6) is 0. The molecule has 0 saturated carbocycles. The van der Waals surface area contributed by atoms with Gasteiger partial charge in [0.15, 0.2) is 0 Å². The Morgan fingerprint density at radius 1 is 0.923 bits per heavy atom. The molecule has 0 bridgehead atoms. The molecule has 0 atom stereocenters. The number of hydrogen-bond acceptors (Lipinski definition) is 0. The van der Waals surface area contributed by atoms with Crippen LogP contribution in [0.15, 0.2) is 0 Å². The Labute approximate surface area is 86.1 Å². The van der Waals surface area contributed by atoms with Crippen LogP contribution in [0.25, 0.3) is 0 Å². The average molecular weight is 199 g/mol. The summed E-state index contributed by atoms with van der Waals surface area (Å²) in [6, 6.07) is 3.97. The van der Waals surface area contributed by atoms with Crippen molar-refractivity contribution in [3.8, 4) is 0 Å². The highest BCUT2D eigenvalue weighted by atomic mass is 28.3. The molecule has 0 aromatic carbocycles. The van der Waals surface area contributed by atoms with E-state index in [1.807, 2.05) is 0 Å². The van der Waals surface area contributed by atoms with E-state index in [0.29, 0.717) is 0 Å². The maximum atomic E-state index is 2.47. The third-order valence-electron chi connectivity index (χ3n) is 2.96. The molecule has 0 aliphatic rings. The SMILES string of the molecule is C[CH][Si](C)(C)CCCCCCCC. The zero-order chi connectivity index (χ0) is 10.2. The van der Waals surface area contributed by atoms with E-state index < -0.39 is 8.07 Å². The average Bonchev–Trinajstić information content (AvgIpc) is 2.11. The smallest absolute Gasteiger partial charge is 0.0501 e. The molecule has 0 unspecified atom stereocenters. The lowest BCUT2D eigenvalue weighted by molar-refractivity contribution is 0.622. The van der Waals surface area contributed by atoms with E-state index >= 15 is 0 Å². The zero-order valence-electron chi connectivity index (χ0n) is 10.0. The molecule has 0 aromatic rings. The van der Waals surface area contributed by atoms with Gasteiger partial charge in [-0.3, -0.25) is 0 Å². The molecule has 79 valence electrons. The van der Waals surface area contributed by atoms with Gasteiger partial charge in [0.05, 0.1) is 8.07 Å². The van der Waals surface area contributed by atoms with Gasteiger partial charge in [-0.2, -0.15) is 0 Å². The fraction of sp³-hybridized carbons (Fsp3) is 0.917. The van der Waals surface area contributed by atoms with E-state index in [9.17, 15) is 0 Å². The summed E-state index contributed by atoms with van der Waals surface area (Å²) in [5, 5.41) is 0. The van der Waals surface area contributed by atoms with E-state index in [2.05, 4.69) is 33.0 Å². The molecule has 0 spiro atoms. The van der Waals surface area contributed by atoms with Gasteiger partial charge in [0.25, 0.3) is 0 Å². The second-order valence-corrected chi connectivity index (χ2v) is 9.85. The van der Waals surface area contributed by atoms with Crippen molar-refractivity contribution in [2.75, 3.05) is 0 Å². The van der Waals surface area contributed by atoms with E-state index in [4.69, 9.17) is 0 Å². The van der Waals surface area contributed by atoms with Gasteiger partial charge in [0.1, 0.15) is 0 Å². The summed E-state index contributed by atoms with van der Waals surface area (Å²) < 4.78 is 0. The van der Waals surface area contributed by atoms with Crippen molar-refractivity contribution < 1.29 is 0 Å². The summed E-state index contributed by atoms with van der Waals surface area (Å²) in [5.41, 5.74) is 0. The Balaban J connectivity index is 3.16. The first-order valence-corrected chi connectivity index (χ1v) is 9.21. The Morgan fingerprint density at radius 3 is 2.00 bits per heavy atom. The normalized spacial score (nSPS) is 12.0. The van der Waals surface area contributed by atoms with E-state index in [-0.39, 0.29) is 0 Å². The first-order valence-electron chi connectivity index (χ1n) is 5.93. The van der Waals surface area contributed by atoms with Crippen molar-refractivity contribution in [1.29, 1.82) is 0 Å². The highest BCUT2D eigenvalue weighted by molar-refractivity contribution is 6.80. The maximum Gasteiger partial charge on any atom is 0.0501 e. The van der Waals surface area contributed by atoms with Gasteiger partial charge < -0.3 is 0 Å². The lowest BCUT2D eigenvalue weighted by Gasteiger charge is -2.19. The van der Waals surface area contributed by atoms with Crippen LogP contribution in [0.2, 0.25) is 19.1 Å². The molecular weight excluding hydrogens is 172 g/mol. The van der Waals surface area contributed by atoms with Crippen molar-refractivity contribution in [3.05, 3.63) is 6.04 Å². The molecule has 0 aromatic heterocycles. The van der Waals surface area contributed by atoms with E-state index in [1.165, 1.54) is 44.6 Å². The molecule has 0 aliphatic carbocycles. The van der Waals surface area contributed by atoms with Crippen molar-refractivity contribution in [2.24, 2.45) is 0 Å². The minimum atomic E-state index is -0.871. The number of rotatable bonds is 8. The fourth-order valence-corrected chi connectivity index (χ4v) is 2.96. The molecule has 0 amide bonds. The molecule has 0 rings (SSSR count). The van der Waals surface area contributed by atoms with Crippen LogP contribution in [0.3, 0.4) is 0 Å². The van der Waals surface area contributed by atoms with Crippen LogP contribution in [-0.4, -0.2) is 8.07 Å². The molecule has 1 radical (unpaired) electrons. The quantitative estimate of drug-likeness (QED) is 0.388. The summed E-state index contributed by atoms with van der Waals surface area (Å²) in [4.78, 5) is 0. The van der Waals surface area contributed by atoms with Gasteiger partial charge in [0.2, 0.25) is 0 Å². The Morgan fingerprint density at radius 2 is 1.46 bits per heavy atom. The second kappa shape index (κ2) is 7.60. The predicted molar refractivity (Wildman–Crippen MR) is 65.6 cm³/mol. The molecule has 0 fully saturated rings. The van der Waals surface area contributed by atoms with Crippen LogP contribution >= 0.6 is 0 Å². The Kier molecular flexibility index (Phi) is 7.73. The molecule has 0 nitrogen and oxygen atoms in total. The molecule has 1 heteroatoms. The number of hydrogen-bond donors (Lipinski definition) is 0. The fourth-order valence-electron chi connectivity index (χ4n) is 1.51. The van der Waals surface area contributed by atoms with Gasteiger partial charge in [-0.05, 0) is 6.04 Å². The molecule has 0 saturated heterocycles. The summed E-state index contributed by atoms with van der Waals surface area (Å²) in [7, 11) is -0.871. The summed E-state index contributed by atoms with van der Waals surface area (Å²) >= 11 is 0. The van der Waals surface area contributed by atoms with Gasteiger partial charge in [-0.1, -0.05) is 71.5 Å². The Hall–Kier alpha value is 0.217. The summed E-state index contributed by atoms with van der Waals surface area (Å²) in [6.45, 7) is 9.46. The van der Waals surface area contributed by atoms with Crippen LogP contribution in [0, 0.1) is 6.04 Å². The highest BCUT2D eigenvalue weighted by Gasteiger charge is 2.16. The zero-order valence-corrected chi connectivity index (χ0v) is 11.0. The molecule has 0 aliphatic heterocycles. The standard InChI is InChI=1S/C12H27Si/c1-5-7-8-9-10-11-12-13(3,4)6-2/h6H,5,7-12H2,1-4H3. The lowest BCUT2D eigenvalue weighted by Crippen LogP contribution is -2.24. The van der Waals surface area contributed by atoms with Crippen LogP contribution in [0.5, 0.6) is 0 Å². The van der Waals surface area contributed by atoms with Gasteiger partial charge in [0, 0.05) is 0 Å². The van der Waals surface area contributed by atoms with E-state index in [1.54, 1.807) is 0 Å². The third kappa shape index (κ3) is 8.54. The maximum absolute atomic E-state index is 2.47. The molecule has 0 N–H and O–H groups in total. The van der Waals surface area contributed by atoms with Crippen molar-refractivity contribution >= 4 is 8.07 Å². The van der Waals surface area contributed by atoms with Crippen LogP contribution < -0.4 is 0 Å².